The Morgan fingerprint density at radius 3 is 2.08 bits per heavy atom. The van der Waals surface area contributed by atoms with Gasteiger partial charge in [0.1, 0.15) is 0 Å². The average molecular weight is 194 g/mol. The fourth-order valence-corrected chi connectivity index (χ4v) is 1.56. The average Bonchev–Trinajstić information content (AvgIpc) is 2.42. The van der Waals surface area contributed by atoms with Crippen molar-refractivity contribution >= 4 is 18.4 Å². The standard InChI is InChI=1S/C8H15NO2.ClH/c1-8(2,9)6(7(10)11)5-3-4-5;/h5-6H,3-4,9H2,1-2H3,(H,10,11);1H. The predicted molar refractivity (Wildman–Crippen MR) is 49.4 cm³/mol. The van der Waals surface area contributed by atoms with E-state index in [0.29, 0.717) is 5.92 Å². The lowest BCUT2D eigenvalue weighted by Crippen LogP contribution is -2.46. The third-order valence-electron chi connectivity index (χ3n) is 2.16. The molecular formula is C8H16ClNO2. The van der Waals surface area contributed by atoms with Gasteiger partial charge in [-0.3, -0.25) is 4.79 Å². The lowest BCUT2D eigenvalue weighted by Gasteiger charge is -2.26. The number of aliphatic carboxylic acids is 1. The quantitative estimate of drug-likeness (QED) is 0.710. The first-order valence-corrected chi connectivity index (χ1v) is 3.94. The van der Waals surface area contributed by atoms with Crippen molar-refractivity contribution in [1.82, 2.24) is 0 Å². The maximum Gasteiger partial charge on any atom is 0.308 e. The number of carboxylic acid groups (broad SMARTS) is 1. The summed E-state index contributed by atoms with van der Waals surface area (Å²) in [7, 11) is 0. The highest BCUT2D eigenvalue weighted by Gasteiger charge is 2.43. The summed E-state index contributed by atoms with van der Waals surface area (Å²) >= 11 is 0. The van der Waals surface area contributed by atoms with E-state index in [0.717, 1.165) is 12.8 Å². The minimum Gasteiger partial charge on any atom is -0.481 e. The molecule has 72 valence electrons. The maximum absolute atomic E-state index is 10.7. The molecule has 1 aliphatic rings. The molecule has 0 aliphatic heterocycles. The van der Waals surface area contributed by atoms with Crippen LogP contribution in [0.3, 0.4) is 0 Å². The first kappa shape index (κ1) is 11.7. The Morgan fingerprint density at radius 2 is 2.00 bits per heavy atom. The molecule has 0 saturated heterocycles. The number of hydrogen-bond acceptors (Lipinski definition) is 2. The minimum absolute atomic E-state index is 0. The van der Waals surface area contributed by atoms with Gasteiger partial charge in [-0.2, -0.15) is 0 Å². The molecule has 1 rings (SSSR count). The molecule has 0 aromatic rings. The molecule has 0 radical (unpaired) electrons. The summed E-state index contributed by atoms with van der Waals surface area (Å²) in [6.07, 6.45) is 2.05. The summed E-state index contributed by atoms with van der Waals surface area (Å²) in [5.74, 6) is -0.782. The maximum atomic E-state index is 10.7. The van der Waals surface area contributed by atoms with Crippen LogP contribution in [0.25, 0.3) is 0 Å². The van der Waals surface area contributed by atoms with Crippen molar-refractivity contribution in [2.75, 3.05) is 0 Å². The number of carbonyl (C=O) groups is 1. The van der Waals surface area contributed by atoms with E-state index in [1.54, 1.807) is 13.8 Å². The second kappa shape index (κ2) is 3.62. The fraction of sp³-hybridized carbons (Fsp3) is 0.875. The van der Waals surface area contributed by atoms with Crippen molar-refractivity contribution in [2.45, 2.75) is 32.2 Å². The molecule has 1 atom stereocenters. The first-order chi connectivity index (χ1) is 4.93. The molecule has 1 fully saturated rings. The molecule has 3 N–H and O–H groups in total. The van der Waals surface area contributed by atoms with E-state index in [2.05, 4.69) is 0 Å². The van der Waals surface area contributed by atoms with E-state index < -0.39 is 11.5 Å². The molecule has 12 heavy (non-hydrogen) atoms. The predicted octanol–water partition coefficient (Wildman–Crippen LogP) is 1.26. The highest BCUT2D eigenvalue weighted by Crippen LogP contribution is 2.41. The Hall–Kier alpha value is -0.280. The second-order valence-corrected chi connectivity index (χ2v) is 3.97. The van der Waals surface area contributed by atoms with Crippen LogP contribution < -0.4 is 5.73 Å². The van der Waals surface area contributed by atoms with Gasteiger partial charge in [-0.15, -0.1) is 12.4 Å². The van der Waals surface area contributed by atoms with Crippen LogP contribution in [0.2, 0.25) is 0 Å². The molecule has 0 bridgehead atoms. The van der Waals surface area contributed by atoms with Crippen molar-refractivity contribution in [3.63, 3.8) is 0 Å². The third kappa shape index (κ3) is 2.64. The van der Waals surface area contributed by atoms with Crippen LogP contribution in [0.1, 0.15) is 26.7 Å². The van der Waals surface area contributed by atoms with E-state index >= 15 is 0 Å². The largest absolute Gasteiger partial charge is 0.481 e. The summed E-state index contributed by atoms with van der Waals surface area (Å²) in [5.41, 5.74) is 5.16. The van der Waals surface area contributed by atoms with Crippen LogP contribution in [0.15, 0.2) is 0 Å². The Labute approximate surface area is 78.7 Å². The van der Waals surface area contributed by atoms with Crippen LogP contribution >= 0.6 is 12.4 Å². The van der Waals surface area contributed by atoms with Crippen molar-refractivity contribution in [3.8, 4) is 0 Å². The van der Waals surface area contributed by atoms with Gasteiger partial charge in [0.25, 0.3) is 0 Å². The SMILES string of the molecule is CC(C)(N)C(C(=O)O)C1CC1.Cl. The Balaban J connectivity index is 0.00000121. The minimum atomic E-state index is -0.750. The molecular weight excluding hydrogens is 178 g/mol. The van der Waals surface area contributed by atoms with Crippen LogP contribution in [0.4, 0.5) is 0 Å². The zero-order chi connectivity index (χ0) is 8.65. The van der Waals surface area contributed by atoms with E-state index in [1.165, 1.54) is 0 Å². The number of halogens is 1. The topological polar surface area (TPSA) is 63.3 Å². The molecule has 0 aromatic carbocycles. The van der Waals surface area contributed by atoms with Crippen molar-refractivity contribution in [2.24, 2.45) is 17.6 Å². The molecule has 3 nitrogen and oxygen atoms in total. The van der Waals surface area contributed by atoms with Gasteiger partial charge in [-0.1, -0.05) is 0 Å². The van der Waals surface area contributed by atoms with Gasteiger partial charge in [0.05, 0.1) is 5.92 Å². The number of carboxylic acids is 1. The van der Waals surface area contributed by atoms with E-state index in [9.17, 15) is 4.79 Å². The molecule has 4 heteroatoms. The highest BCUT2D eigenvalue weighted by molar-refractivity contribution is 5.85. The lowest BCUT2D eigenvalue weighted by molar-refractivity contribution is -0.144. The molecule has 0 heterocycles. The zero-order valence-corrected chi connectivity index (χ0v) is 8.23. The van der Waals surface area contributed by atoms with Gasteiger partial charge in [-0.25, -0.2) is 0 Å². The molecule has 0 aromatic heterocycles. The second-order valence-electron chi connectivity index (χ2n) is 3.97. The van der Waals surface area contributed by atoms with Crippen LogP contribution in [-0.4, -0.2) is 16.6 Å². The number of hydrogen-bond donors (Lipinski definition) is 2. The van der Waals surface area contributed by atoms with E-state index in [4.69, 9.17) is 10.8 Å². The lowest BCUT2D eigenvalue weighted by atomic mass is 9.85. The summed E-state index contributed by atoms with van der Waals surface area (Å²) in [6.45, 7) is 3.56. The highest BCUT2D eigenvalue weighted by atomic mass is 35.5. The summed E-state index contributed by atoms with van der Waals surface area (Å²) in [4.78, 5) is 10.7. The van der Waals surface area contributed by atoms with Crippen molar-refractivity contribution in [3.05, 3.63) is 0 Å². The van der Waals surface area contributed by atoms with Gasteiger partial charge < -0.3 is 10.8 Å². The van der Waals surface area contributed by atoms with E-state index in [-0.39, 0.29) is 18.3 Å². The number of rotatable bonds is 3. The normalized spacial score (nSPS) is 19.6. The molecule has 0 spiro atoms. The van der Waals surface area contributed by atoms with Crippen molar-refractivity contribution in [1.29, 1.82) is 0 Å². The van der Waals surface area contributed by atoms with Crippen LogP contribution in [-0.2, 0) is 4.79 Å². The van der Waals surface area contributed by atoms with Gasteiger partial charge in [-0.05, 0) is 32.6 Å². The van der Waals surface area contributed by atoms with Crippen LogP contribution in [0.5, 0.6) is 0 Å². The third-order valence-corrected chi connectivity index (χ3v) is 2.16. The Morgan fingerprint density at radius 1 is 1.58 bits per heavy atom. The number of nitrogens with two attached hydrogens (primary N) is 1. The van der Waals surface area contributed by atoms with Gasteiger partial charge >= 0.3 is 5.97 Å². The Kier molecular flexibility index (Phi) is 3.54. The van der Waals surface area contributed by atoms with Gasteiger partial charge in [0.2, 0.25) is 0 Å². The fourth-order valence-electron chi connectivity index (χ4n) is 1.56. The first-order valence-electron chi connectivity index (χ1n) is 3.94. The summed E-state index contributed by atoms with van der Waals surface area (Å²) in [5, 5.41) is 8.84. The smallest absolute Gasteiger partial charge is 0.308 e. The zero-order valence-electron chi connectivity index (χ0n) is 7.41. The monoisotopic (exact) mass is 193 g/mol. The molecule has 1 unspecified atom stereocenters. The van der Waals surface area contributed by atoms with E-state index in [1.807, 2.05) is 0 Å². The van der Waals surface area contributed by atoms with Gasteiger partial charge in [0, 0.05) is 5.54 Å². The summed E-state index contributed by atoms with van der Waals surface area (Å²) in [6, 6.07) is 0. The molecule has 1 aliphatic carbocycles. The van der Waals surface area contributed by atoms with Crippen molar-refractivity contribution < 1.29 is 9.90 Å². The van der Waals surface area contributed by atoms with Crippen LogP contribution in [0, 0.1) is 11.8 Å². The molecule has 1 saturated carbocycles. The van der Waals surface area contributed by atoms with Gasteiger partial charge in [0.15, 0.2) is 0 Å². The summed E-state index contributed by atoms with van der Waals surface area (Å²) < 4.78 is 0. The molecule has 0 amide bonds. The Bertz CT molecular complexity index is 172.